The van der Waals surface area contributed by atoms with Crippen LogP contribution < -0.4 is 0 Å². The summed E-state index contributed by atoms with van der Waals surface area (Å²) in [7, 11) is 0. The molecule has 1 unspecified atom stereocenters. The lowest BCUT2D eigenvalue weighted by atomic mass is 9.99. The SMILES string of the molecule is CCC(C)CCCCCCCCCCCCC(=O)OC[C@H](COC(=O)CCCCCCCCCCCCCCCCCCC(C)C)OC(=O)CCCCCCCCCCCCCCCC(C)C. The van der Waals surface area contributed by atoms with Crippen molar-refractivity contribution < 1.29 is 28.6 Å². The molecule has 0 amide bonds. The molecule has 0 saturated carbocycles. The number of esters is 3. The predicted octanol–water partition coefficient (Wildman–Crippen LogP) is 19.9. The van der Waals surface area contributed by atoms with Gasteiger partial charge in [0, 0.05) is 19.3 Å². The molecule has 0 bridgehead atoms. The van der Waals surface area contributed by atoms with Gasteiger partial charge in [-0.2, -0.15) is 0 Å². The number of ether oxygens (including phenoxy) is 3. The van der Waals surface area contributed by atoms with Crippen LogP contribution in [0.5, 0.6) is 0 Å². The van der Waals surface area contributed by atoms with Gasteiger partial charge in [-0.1, -0.05) is 298 Å². The highest BCUT2D eigenvalue weighted by Gasteiger charge is 2.19. The van der Waals surface area contributed by atoms with E-state index in [0.29, 0.717) is 19.3 Å². The Morgan fingerprint density at radius 2 is 0.522 bits per heavy atom. The summed E-state index contributed by atoms with van der Waals surface area (Å²) < 4.78 is 16.9. The van der Waals surface area contributed by atoms with Crippen molar-refractivity contribution in [3.05, 3.63) is 0 Å². The minimum Gasteiger partial charge on any atom is -0.462 e. The van der Waals surface area contributed by atoms with Crippen molar-refractivity contribution in [2.24, 2.45) is 17.8 Å². The lowest BCUT2D eigenvalue weighted by Crippen LogP contribution is -2.30. The quantitative estimate of drug-likeness (QED) is 0.0343. The standard InChI is InChI=1S/C61H118O6/c1-7-57(6)49-43-37-31-25-21-22-27-33-39-45-51-60(63)66-54-58(67-61(64)52-46-40-34-28-20-16-12-14-18-24-30-36-42-48-56(4)5)53-65-59(62)50-44-38-32-26-19-15-11-9-8-10-13-17-23-29-35-41-47-55(2)3/h55-58H,7-54H2,1-6H3/t57?,58-/m0/s1. The Balaban J connectivity index is 4.29. The Bertz CT molecular complexity index is 1040. The molecule has 2 atom stereocenters. The monoisotopic (exact) mass is 947 g/mol. The van der Waals surface area contributed by atoms with Gasteiger partial charge in [0.1, 0.15) is 13.2 Å². The van der Waals surface area contributed by atoms with E-state index in [1.807, 2.05) is 0 Å². The smallest absolute Gasteiger partial charge is 0.306 e. The number of hydrogen-bond acceptors (Lipinski definition) is 6. The first-order valence-electron chi connectivity index (χ1n) is 30.1. The molecule has 0 aromatic heterocycles. The molecule has 0 aliphatic heterocycles. The fraction of sp³-hybridized carbons (Fsp3) is 0.951. The van der Waals surface area contributed by atoms with Crippen LogP contribution in [0.25, 0.3) is 0 Å². The zero-order valence-electron chi connectivity index (χ0n) is 46.2. The van der Waals surface area contributed by atoms with Crippen LogP contribution in [-0.2, 0) is 28.6 Å². The normalized spacial score (nSPS) is 12.5. The Labute approximate surface area is 418 Å². The van der Waals surface area contributed by atoms with Crippen LogP contribution >= 0.6 is 0 Å². The number of carbonyl (C=O) groups excluding carboxylic acids is 3. The average Bonchev–Trinajstić information content (AvgIpc) is 3.30. The van der Waals surface area contributed by atoms with Crippen LogP contribution in [0.2, 0.25) is 0 Å². The number of rotatable bonds is 54. The van der Waals surface area contributed by atoms with Gasteiger partial charge in [-0.25, -0.2) is 0 Å². The third-order valence-electron chi connectivity index (χ3n) is 14.3. The molecule has 0 aliphatic carbocycles. The Hall–Kier alpha value is -1.59. The van der Waals surface area contributed by atoms with Crippen LogP contribution in [0, 0.1) is 17.8 Å². The first-order chi connectivity index (χ1) is 32.6. The van der Waals surface area contributed by atoms with Gasteiger partial charge in [-0.15, -0.1) is 0 Å². The van der Waals surface area contributed by atoms with Crippen molar-refractivity contribution in [1.82, 2.24) is 0 Å². The summed E-state index contributed by atoms with van der Waals surface area (Å²) in [5.41, 5.74) is 0. The molecule has 0 aromatic rings. The third kappa shape index (κ3) is 53.6. The molecule has 6 heteroatoms. The molecule has 0 fully saturated rings. The minimum atomic E-state index is -0.764. The molecular formula is C61H118O6. The highest BCUT2D eigenvalue weighted by molar-refractivity contribution is 5.71. The highest BCUT2D eigenvalue weighted by atomic mass is 16.6. The van der Waals surface area contributed by atoms with Gasteiger partial charge < -0.3 is 14.2 Å². The minimum absolute atomic E-state index is 0.0632. The van der Waals surface area contributed by atoms with Crippen molar-refractivity contribution >= 4 is 17.9 Å². The molecular weight excluding hydrogens is 829 g/mol. The van der Waals surface area contributed by atoms with Crippen LogP contribution in [0.15, 0.2) is 0 Å². The van der Waals surface area contributed by atoms with Crippen LogP contribution in [0.3, 0.4) is 0 Å². The summed E-state index contributed by atoms with van der Waals surface area (Å²) in [5.74, 6) is 1.72. The van der Waals surface area contributed by atoms with E-state index < -0.39 is 6.10 Å². The Morgan fingerprint density at radius 1 is 0.299 bits per heavy atom. The summed E-state index contributed by atoms with van der Waals surface area (Å²) >= 11 is 0. The molecule has 0 aromatic carbocycles. The predicted molar refractivity (Wildman–Crippen MR) is 289 cm³/mol. The second kappa shape index (κ2) is 52.2. The fourth-order valence-corrected chi connectivity index (χ4v) is 9.32. The summed E-state index contributed by atoms with van der Waals surface area (Å²) in [6, 6.07) is 0. The average molecular weight is 948 g/mol. The van der Waals surface area contributed by atoms with Crippen molar-refractivity contribution in [3.8, 4) is 0 Å². The van der Waals surface area contributed by atoms with Gasteiger partial charge >= 0.3 is 17.9 Å². The second-order valence-corrected chi connectivity index (χ2v) is 22.2. The van der Waals surface area contributed by atoms with E-state index in [1.54, 1.807) is 0 Å². The van der Waals surface area contributed by atoms with E-state index in [9.17, 15) is 14.4 Å². The van der Waals surface area contributed by atoms with Crippen LogP contribution in [0.4, 0.5) is 0 Å². The zero-order chi connectivity index (χ0) is 49.1. The molecule has 6 nitrogen and oxygen atoms in total. The lowest BCUT2D eigenvalue weighted by molar-refractivity contribution is -0.167. The lowest BCUT2D eigenvalue weighted by Gasteiger charge is -2.18. The largest absolute Gasteiger partial charge is 0.462 e. The number of unbranched alkanes of at least 4 members (excludes halogenated alkanes) is 36. The summed E-state index contributed by atoms with van der Waals surface area (Å²) in [6.07, 6.45) is 55.2. The van der Waals surface area contributed by atoms with E-state index in [4.69, 9.17) is 14.2 Å². The van der Waals surface area contributed by atoms with Gasteiger partial charge in [-0.3, -0.25) is 14.4 Å². The number of carbonyl (C=O) groups is 3. The summed E-state index contributed by atoms with van der Waals surface area (Å²) in [4.78, 5) is 38.2. The van der Waals surface area contributed by atoms with Gasteiger partial charge in [0.2, 0.25) is 0 Å². The second-order valence-electron chi connectivity index (χ2n) is 22.2. The van der Waals surface area contributed by atoms with Crippen LogP contribution in [0.1, 0.15) is 337 Å². The number of hydrogen-bond donors (Lipinski definition) is 0. The molecule has 398 valence electrons. The van der Waals surface area contributed by atoms with E-state index in [0.717, 1.165) is 75.5 Å². The highest BCUT2D eigenvalue weighted by Crippen LogP contribution is 2.19. The van der Waals surface area contributed by atoms with Crippen molar-refractivity contribution in [2.75, 3.05) is 13.2 Å². The van der Waals surface area contributed by atoms with E-state index in [2.05, 4.69) is 41.5 Å². The van der Waals surface area contributed by atoms with Gasteiger partial charge in [-0.05, 0) is 37.0 Å². The maximum absolute atomic E-state index is 12.9. The first-order valence-corrected chi connectivity index (χ1v) is 30.1. The topological polar surface area (TPSA) is 78.9 Å². The van der Waals surface area contributed by atoms with Gasteiger partial charge in [0.05, 0.1) is 0 Å². The van der Waals surface area contributed by atoms with Gasteiger partial charge in [0.25, 0.3) is 0 Å². The van der Waals surface area contributed by atoms with E-state index in [1.165, 1.54) is 218 Å². The first kappa shape index (κ1) is 65.4. The van der Waals surface area contributed by atoms with Crippen LogP contribution in [-0.4, -0.2) is 37.2 Å². The van der Waals surface area contributed by atoms with Crippen molar-refractivity contribution in [3.63, 3.8) is 0 Å². The molecule has 0 rings (SSSR count). The van der Waals surface area contributed by atoms with E-state index in [-0.39, 0.29) is 31.1 Å². The van der Waals surface area contributed by atoms with E-state index >= 15 is 0 Å². The Morgan fingerprint density at radius 3 is 0.776 bits per heavy atom. The zero-order valence-corrected chi connectivity index (χ0v) is 46.2. The molecule has 0 saturated heterocycles. The Kier molecular flexibility index (Phi) is 51.0. The molecule has 67 heavy (non-hydrogen) atoms. The summed E-state index contributed by atoms with van der Waals surface area (Å²) in [5, 5.41) is 0. The maximum atomic E-state index is 12.9. The van der Waals surface area contributed by atoms with Crippen molar-refractivity contribution in [2.45, 2.75) is 343 Å². The fourth-order valence-electron chi connectivity index (χ4n) is 9.32. The van der Waals surface area contributed by atoms with Crippen molar-refractivity contribution in [1.29, 1.82) is 0 Å². The third-order valence-corrected chi connectivity index (χ3v) is 14.3. The molecule has 0 N–H and O–H groups in total. The maximum Gasteiger partial charge on any atom is 0.306 e. The molecule has 0 aliphatic rings. The van der Waals surface area contributed by atoms with Gasteiger partial charge in [0.15, 0.2) is 6.10 Å². The summed E-state index contributed by atoms with van der Waals surface area (Å²) in [6.45, 7) is 13.8. The molecule has 0 heterocycles. The molecule has 0 radical (unpaired) electrons. The molecule has 0 spiro atoms.